The van der Waals surface area contributed by atoms with Crippen LogP contribution in [-0.4, -0.2) is 10.9 Å². The standard InChI is InChI=1S/C16H11FN3O/c17-13-4-5-16-12(7-13)8-15(10-21)20(16)9-11-2-1-3-14(6-11)19-18/h1-8,10H,9H2/q+1. The molecule has 0 saturated carbocycles. The van der Waals surface area contributed by atoms with E-state index in [4.69, 9.17) is 5.39 Å². The Morgan fingerprint density at radius 2 is 2.05 bits per heavy atom. The summed E-state index contributed by atoms with van der Waals surface area (Å²) in [6, 6.07) is 13.1. The second-order valence-corrected chi connectivity index (χ2v) is 4.75. The number of rotatable bonds is 3. The van der Waals surface area contributed by atoms with Gasteiger partial charge in [-0.2, -0.15) is 0 Å². The number of nitrogens with zero attached hydrogens (tertiary/aromatic N) is 3. The molecule has 21 heavy (non-hydrogen) atoms. The molecule has 3 rings (SSSR count). The van der Waals surface area contributed by atoms with Gasteiger partial charge in [-0.3, -0.25) is 4.79 Å². The SMILES string of the molecule is N#[N+]c1cccc(Cn2c(C=O)cc3cc(F)ccc32)c1. The topological polar surface area (TPSA) is 50.1 Å². The summed E-state index contributed by atoms with van der Waals surface area (Å²) in [5, 5.41) is 9.49. The van der Waals surface area contributed by atoms with Gasteiger partial charge < -0.3 is 4.57 Å². The number of hydrogen-bond acceptors (Lipinski definition) is 2. The number of aromatic nitrogens is 1. The highest BCUT2D eigenvalue weighted by molar-refractivity contribution is 5.89. The Morgan fingerprint density at radius 3 is 2.81 bits per heavy atom. The maximum Gasteiger partial charge on any atom is 0.385 e. The lowest BCUT2D eigenvalue weighted by Crippen LogP contribution is -2.03. The summed E-state index contributed by atoms with van der Waals surface area (Å²) in [6.07, 6.45) is 0.748. The summed E-state index contributed by atoms with van der Waals surface area (Å²) in [7, 11) is 0. The number of hydrogen-bond donors (Lipinski definition) is 0. The van der Waals surface area contributed by atoms with Gasteiger partial charge in [-0.15, -0.1) is 0 Å². The van der Waals surface area contributed by atoms with Crippen LogP contribution in [0.2, 0.25) is 0 Å². The fourth-order valence-corrected chi connectivity index (χ4v) is 2.44. The highest BCUT2D eigenvalue weighted by atomic mass is 19.1. The van der Waals surface area contributed by atoms with Gasteiger partial charge in [0, 0.05) is 29.6 Å². The van der Waals surface area contributed by atoms with E-state index in [1.54, 1.807) is 34.9 Å². The molecule has 0 N–H and O–H groups in total. The minimum absolute atomic E-state index is 0.335. The Hall–Kier alpha value is -3.00. The maximum absolute atomic E-state index is 13.3. The van der Waals surface area contributed by atoms with Crippen LogP contribution >= 0.6 is 0 Å². The first-order valence-corrected chi connectivity index (χ1v) is 6.39. The molecular weight excluding hydrogens is 269 g/mol. The molecule has 3 aromatic rings. The van der Waals surface area contributed by atoms with Gasteiger partial charge in [-0.1, -0.05) is 12.1 Å². The molecule has 0 unspecified atom stereocenters. The van der Waals surface area contributed by atoms with Crippen molar-refractivity contribution in [1.82, 2.24) is 4.57 Å². The first kappa shape index (κ1) is 13.0. The average Bonchev–Trinajstić information content (AvgIpc) is 2.84. The summed E-state index contributed by atoms with van der Waals surface area (Å²) in [4.78, 5) is 14.4. The normalized spacial score (nSPS) is 10.5. The van der Waals surface area contributed by atoms with Crippen molar-refractivity contribution in [2.24, 2.45) is 0 Å². The van der Waals surface area contributed by atoms with E-state index in [1.807, 2.05) is 6.07 Å². The summed E-state index contributed by atoms with van der Waals surface area (Å²) >= 11 is 0. The van der Waals surface area contributed by atoms with Crippen LogP contribution in [0.4, 0.5) is 10.1 Å². The number of benzene rings is 2. The third-order valence-electron chi connectivity index (χ3n) is 3.38. The van der Waals surface area contributed by atoms with E-state index in [-0.39, 0.29) is 5.82 Å². The summed E-state index contributed by atoms with van der Waals surface area (Å²) in [6.45, 7) is 0.437. The molecule has 0 saturated heterocycles. The second kappa shape index (κ2) is 5.17. The third-order valence-corrected chi connectivity index (χ3v) is 3.38. The van der Waals surface area contributed by atoms with Crippen LogP contribution in [0.15, 0.2) is 48.5 Å². The number of fused-ring (bicyclic) bond motifs is 1. The maximum atomic E-state index is 13.3. The van der Waals surface area contributed by atoms with Crippen molar-refractivity contribution >= 4 is 22.9 Å². The Bertz CT molecular complexity index is 877. The number of carbonyl (C=O) groups excluding carboxylic acids is 1. The van der Waals surface area contributed by atoms with Gasteiger partial charge in [0.25, 0.3) is 0 Å². The monoisotopic (exact) mass is 280 g/mol. The molecule has 1 aromatic heterocycles. The largest absolute Gasteiger partial charge is 0.385 e. The van der Waals surface area contributed by atoms with Crippen LogP contribution in [0.5, 0.6) is 0 Å². The van der Waals surface area contributed by atoms with E-state index in [0.29, 0.717) is 23.3 Å². The van der Waals surface area contributed by atoms with Crippen LogP contribution in [0.1, 0.15) is 16.1 Å². The van der Waals surface area contributed by atoms with E-state index >= 15 is 0 Å². The lowest BCUT2D eigenvalue weighted by Gasteiger charge is -2.07. The van der Waals surface area contributed by atoms with Crippen molar-refractivity contribution < 1.29 is 9.18 Å². The van der Waals surface area contributed by atoms with E-state index in [0.717, 1.165) is 17.4 Å². The van der Waals surface area contributed by atoms with Crippen LogP contribution in [0.25, 0.3) is 15.9 Å². The summed E-state index contributed by atoms with van der Waals surface area (Å²) in [5.74, 6) is -0.335. The molecule has 0 atom stereocenters. The lowest BCUT2D eigenvalue weighted by molar-refractivity contribution is 0.111. The molecule has 0 fully saturated rings. The van der Waals surface area contributed by atoms with Gasteiger partial charge in [-0.25, -0.2) is 4.39 Å². The van der Waals surface area contributed by atoms with E-state index in [2.05, 4.69) is 4.98 Å². The number of diazo groups is 1. The summed E-state index contributed by atoms with van der Waals surface area (Å²) in [5.41, 5.74) is 2.59. The van der Waals surface area contributed by atoms with Crippen LogP contribution in [0, 0.1) is 11.2 Å². The minimum Gasteiger partial charge on any atom is -0.334 e. The predicted octanol–water partition coefficient (Wildman–Crippen LogP) is 4.13. The fourth-order valence-electron chi connectivity index (χ4n) is 2.44. The van der Waals surface area contributed by atoms with Gasteiger partial charge in [0.15, 0.2) is 11.3 Å². The van der Waals surface area contributed by atoms with Crippen LogP contribution < -0.4 is 0 Å². The van der Waals surface area contributed by atoms with Crippen molar-refractivity contribution in [3.63, 3.8) is 0 Å². The highest BCUT2D eigenvalue weighted by Gasteiger charge is 2.11. The Morgan fingerprint density at radius 1 is 1.19 bits per heavy atom. The molecule has 0 aliphatic heterocycles. The molecule has 5 heteroatoms. The zero-order valence-corrected chi connectivity index (χ0v) is 11.0. The quantitative estimate of drug-likeness (QED) is 0.535. The third kappa shape index (κ3) is 2.39. The molecule has 2 aromatic carbocycles. The molecule has 0 radical (unpaired) electrons. The molecule has 0 bridgehead atoms. The van der Waals surface area contributed by atoms with Gasteiger partial charge >= 0.3 is 5.69 Å². The van der Waals surface area contributed by atoms with Crippen molar-refractivity contribution in [1.29, 1.82) is 5.39 Å². The van der Waals surface area contributed by atoms with E-state index in [9.17, 15) is 9.18 Å². The molecule has 0 spiro atoms. The molecule has 1 heterocycles. The van der Waals surface area contributed by atoms with Gasteiger partial charge in [0.2, 0.25) is 5.39 Å². The zero-order chi connectivity index (χ0) is 14.8. The van der Waals surface area contributed by atoms with Crippen LogP contribution in [-0.2, 0) is 6.54 Å². The number of aldehydes is 1. The van der Waals surface area contributed by atoms with Gasteiger partial charge in [-0.05, 0) is 29.8 Å². The molecule has 0 aliphatic rings. The van der Waals surface area contributed by atoms with Crippen molar-refractivity contribution in [2.75, 3.05) is 0 Å². The molecule has 0 aliphatic carbocycles. The fraction of sp³-hybridized carbons (Fsp3) is 0.0625. The number of carbonyl (C=O) groups is 1. The highest BCUT2D eigenvalue weighted by Crippen LogP contribution is 2.23. The molecular formula is C16H11FN3O+. The van der Waals surface area contributed by atoms with Crippen molar-refractivity contribution in [3.05, 3.63) is 70.6 Å². The second-order valence-electron chi connectivity index (χ2n) is 4.75. The smallest absolute Gasteiger partial charge is 0.334 e. The van der Waals surface area contributed by atoms with E-state index < -0.39 is 0 Å². The van der Waals surface area contributed by atoms with Gasteiger partial charge in [0.05, 0.1) is 5.69 Å². The van der Waals surface area contributed by atoms with Gasteiger partial charge in [0.1, 0.15) is 5.82 Å². The first-order valence-electron chi connectivity index (χ1n) is 6.39. The molecule has 0 amide bonds. The zero-order valence-electron chi connectivity index (χ0n) is 11.0. The Balaban J connectivity index is 2.11. The van der Waals surface area contributed by atoms with E-state index in [1.165, 1.54) is 12.1 Å². The summed E-state index contributed by atoms with van der Waals surface area (Å²) < 4.78 is 15.1. The van der Waals surface area contributed by atoms with Crippen molar-refractivity contribution in [3.8, 4) is 0 Å². The van der Waals surface area contributed by atoms with Crippen molar-refractivity contribution in [2.45, 2.75) is 6.54 Å². The Kier molecular flexibility index (Phi) is 3.20. The molecule has 4 nitrogen and oxygen atoms in total. The lowest BCUT2D eigenvalue weighted by atomic mass is 10.2. The van der Waals surface area contributed by atoms with Crippen LogP contribution in [0.3, 0.4) is 0 Å². The Labute approximate surface area is 120 Å². The minimum atomic E-state index is -0.335. The average molecular weight is 280 g/mol. The predicted molar refractivity (Wildman–Crippen MR) is 77.6 cm³/mol. The molecule has 102 valence electrons. The first-order chi connectivity index (χ1) is 10.2. The number of halogens is 1.